The smallest absolute Gasteiger partial charge is 0.227 e. The normalized spacial score (nSPS) is 12.1. The minimum absolute atomic E-state index is 0.172. The van der Waals surface area contributed by atoms with Crippen LogP contribution in [-0.2, 0) is 18.8 Å². The van der Waals surface area contributed by atoms with E-state index in [4.69, 9.17) is 9.72 Å². The first-order valence-corrected chi connectivity index (χ1v) is 11.3. The van der Waals surface area contributed by atoms with E-state index in [2.05, 4.69) is 9.97 Å². The maximum Gasteiger partial charge on any atom is 0.227 e. The van der Waals surface area contributed by atoms with Crippen LogP contribution in [0.3, 0.4) is 0 Å². The van der Waals surface area contributed by atoms with Gasteiger partial charge in [0.25, 0.3) is 0 Å². The van der Waals surface area contributed by atoms with E-state index in [1.165, 1.54) is 30.0 Å². The highest BCUT2D eigenvalue weighted by Gasteiger charge is 2.28. The maximum absolute atomic E-state index is 14.2. The molecule has 2 aromatic heterocycles. The maximum atomic E-state index is 14.2. The van der Waals surface area contributed by atoms with Crippen molar-refractivity contribution in [3.8, 4) is 23.0 Å². The molecule has 0 saturated carbocycles. The van der Waals surface area contributed by atoms with Gasteiger partial charge in [-0.25, -0.2) is 13.8 Å². The average Bonchev–Trinajstić information content (AvgIpc) is 2.83. The molecule has 0 radical (unpaired) electrons. The molecule has 3 heterocycles. The first-order chi connectivity index (χ1) is 16.0. The van der Waals surface area contributed by atoms with Gasteiger partial charge in [-0.3, -0.25) is 4.98 Å². The molecule has 0 saturated heterocycles. The second kappa shape index (κ2) is 8.88. The fourth-order valence-electron chi connectivity index (χ4n) is 3.73. The molecule has 0 bridgehead atoms. The Labute approximate surface area is 193 Å². The van der Waals surface area contributed by atoms with E-state index in [1.54, 1.807) is 36.5 Å². The Hall–Kier alpha value is -3.36. The van der Waals surface area contributed by atoms with Crippen molar-refractivity contribution in [3.63, 3.8) is 0 Å². The van der Waals surface area contributed by atoms with Crippen molar-refractivity contribution in [1.29, 1.82) is 0 Å². The van der Waals surface area contributed by atoms with Gasteiger partial charge in [-0.05, 0) is 30.7 Å². The van der Waals surface area contributed by atoms with Crippen LogP contribution in [0.25, 0.3) is 11.4 Å². The lowest BCUT2D eigenvalue weighted by atomic mass is 9.99. The Morgan fingerprint density at radius 3 is 2.67 bits per heavy atom. The van der Waals surface area contributed by atoms with Gasteiger partial charge in [0.2, 0.25) is 5.88 Å². The molecule has 1 N–H and O–H groups in total. The summed E-state index contributed by atoms with van der Waals surface area (Å²) in [5.41, 5.74) is 3.98. The summed E-state index contributed by atoms with van der Waals surface area (Å²) in [5.74, 6) is 0.901. The van der Waals surface area contributed by atoms with Crippen molar-refractivity contribution in [2.75, 3.05) is 0 Å². The summed E-state index contributed by atoms with van der Waals surface area (Å²) < 4.78 is 34.2. The molecular weight excluding hydrogens is 444 g/mol. The van der Waals surface area contributed by atoms with E-state index >= 15 is 0 Å². The standard InChI is InChI=1S/C25H19F2N3O2S/c1-14-22-19(17(12-31)11-28-14)10-20-24(32-22)29-23(15-6-4-7-18(26)9-15)30-25(20)33-13-16-5-2-3-8-21(16)27/h2-9,11,31H,10,12-13H2,1H3. The molecule has 1 aliphatic heterocycles. The van der Waals surface area contributed by atoms with Gasteiger partial charge in [0, 0.05) is 35.1 Å². The molecule has 5 nitrogen and oxygen atoms in total. The Morgan fingerprint density at radius 2 is 1.88 bits per heavy atom. The molecule has 33 heavy (non-hydrogen) atoms. The predicted molar refractivity (Wildman–Crippen MR) is 121 cm³/mol. The number of aliphatic hydroxyl groups is 1. The van der Waals surface area contributed by atoms with Crippen LogP contribution in [0.4, 0.5) is 8.78 Å². The van der Waals surface area contributed by atoms with Crippen LogP contribution in [0.15, 0.2) is 59.8 Å². The molecular formula is C25H19F2N3O2S. The number of rotatable bonds is 5. The number of halogens is 2. The molecule has 0 amide bonds. The minimum Gasteiger partial charge on any atom is -0.436 e. The lowest BCUT2D eigenvalue weighted by Crippen LogP contribution is -2.13. The summed E-state index contributed by atoms with van der Waals surface area (Å²) in [4.78, 5) is 13.6. The second-order valence-electron chi connectivity index (χ2n) is 7.64. The molecule has 1 aliphatic rings. The third kappa shape index (κ3) is 4.19. The van der Waals surface area contributed by atoms with Crippen molar-refractivity contribution in [3.05, 3.63) is 94.3 Å². The molecule has 0 spiro atoms. The average molecular weight is 464 g/mol. The molecule has 2 aromatic carbocycles. The summed E-state index contributed by atoms with van der Waals surface area (Å²) in [6.07, 6.45) is 2.07. The number of pyridine rings is 1. The number of fused-ring (bicyclic) bond motifs is 2. The Balaban J connectivity index is 1.61. The van der Waals surface area contributed by atoms with Gasteiger partial charge in [-0.1, -0.05) is 30.3 Å². The second-order valence-corrected chi connectivity index (χ2v) is 8.60. The first-order valence-electron chi connectivity index (χ1n) is 10.3. The number of aromatic nitrogens is 3. The number of ether oxygens (including phenoxy) is 1. The molecule has 0 aliphatic carbocycles. The quantitative estimate of drug-likeness (QED) is 0.270. The fourth-order valence-corrected chi connectivity index (χ4v) is 4.74. The minimum atomic E-state index is -0.395. The summed E-state index contributed by atoms with van der Waals surface area (Å²) in [6.45, 7) is 1.65. The van der Waals surface area contributed by atoms with Crippen LogP contribution in [-0.4, -0.2) is 20.1 Å². The monoisotopic (exact) mass is 463 g/mol. The van der Waals surface area contributed by atoms with Gasteiger partial charge in [0.1, 0.15) is 16.7 Å². The van der Waals surface area contributed by atoms with Crippen LogP contribution in [0.1, 0.15) is 27.9 Å². The highest BCUT2D eigenvalue weighted by Crippen LogP contribution is 2.43. The van der Waals surface area contributed by atoms with Gasteiger partial charge in [-0.15, -0.1) is 11.8 Å². The summed E-state index contributed by atoms with van der Waals surface area (Å²) in [7, 11) is 0. The highest BCUT2D eigenvalue weighted by molar-refractivity contribution is 7.98. The van der Waals surface area contributed by atoms with Crippen molar-refractivity contribution < 1.29 is 18.6 Å². The number of thioether (sulfide) groups is 1. The number of benzene rings is 2. The molecule has 0 unspecified atom stereocenters. The zero-order valence-corrected chi connectivity index (χ0v) is 18.5. The van der Waals surface area contributed by atoms with Crippen molar-refractivity contribution in [1.82, 2.24) is 15.0 Å². The highest BCUT2D eigenvalue weighted by atomic mass is 32.2. The van der Waals surface area contributed by atoms with Gasteiger partial charge in [0.05, 0.1) is 17.9 Å². The van der Waals surface area contributed by atoms with Crippen LogP contribution < -0.4 is 4.74 Å². The number of aliphatic hydroxyl groups excluding tert-OH is 1. The van der Waals surface area contributed by atoms with E-state index in [0.717, 1.165) is 11.1 Å². The lowest BCUT2D eigenvalue weighted by molar-refractivity contribution is 0.278. The number of hydrogen-bond donors (Lipinski definition) is 1. The SMILES string of the molecule is Cc1ncc(CO)c2c1Oc1nc(-c3cccc(F)c3)nc(SCc3ccccc3F)c1C2. The fraction of sp³-hybridized carbons (Fsp3) is 0.160. The van der Waals surface area contributed by atoms with Crippen molar-refractivity contribution in [2.45, 2.75) is 30.7 Å². The first kappa shape index (κ1) is 21.5. The van der Waals surface area contributed by atoms with Crippen molar-refractivity contribution >= 4 is 11.8 Å². The molecule has 4 aromatic rings. The molecule has 166 valence electrons. The van der Waals surface area contributed by atoms with Crippen LogP contribution >= 0.6 is 11.8 Å². The lowest BCUT2D eigenvalue weighted by Gasteiger charge is -2.24. The topological polar surface area (TPSA) is 68.1 Å². The van der Waals surface area contributed by atoms with E-state index < -0.39 is 5.82 Å². The third-order valence-electron chi connectivity index (χ3n) is 5.46. The zero-order chi connectivity index (χ0) is 22.9. The van der Waals surface area contributed by atoms with Gasteiger partial charge in [-0.2, -0.15) is 4.98 Å². The molecule has 0 fully saturated rings. The number of aryl methyl sites for hydroxylation is 1. The van der Waals surface area contributed by atoms with E-state index in [9.17, 15) is 13.9 Å². The Morgan fingerprint density at radius 1 is 1.03 bits per heavy atom. The van der Waals surface area contributed by atoms with Gasteiger partial charge < -0.3 is 9.84 Å². The molecule has 0 atom stereocenters. The Bertz CT molecular complexity index is 1360. The van der Waals surface area contributed by atoms with Crippen LogP contribution in [0, 0.1) is 18.6 Å². The zero-order valence-electron chi connectivity index (χ0n) is 17.7. The Kier molecular flexibility index (Phi) is 5.78. The van der Waals surface area contributed by atoms with Crippen LogP contribution in [0.2, 0.25) is 0 Å². The van der Waals surface area contributed by atoms with Crippen LogP contribution in [0.5, 0.6) is 11.6 Å². The molecule has 5 rings (SSSR count). The predicted octanol–water partition coefficient (Wildman–Crippen LogP) is 5.61. The van der Waals surface area contributed by atoms with Crippen molar-refractivity contribution in [2.24, 2.45) is 0 Å². The summed E-state index contributed by atoms with van der Waals surface area (Å²) >= 11 is 1.36. The molecule has 8 heteroatoms. The number of nitrogens with zero attached hydrogens (tertiary/aromatic N) is 3. The summed E-state index contributed by atoms with van der Waals surface area (Å²) in [5, 5.41) is 10.4. The van der Waals surface area contributed by atoms with E-state index in [1.807, 2.05) is 6.92 Å². The van der Waals surface area contributed by atoms with E-state index in [0.29, 0.717) is 57.0 Å². The third-order valence-corrected chi connectivity index (χ3v) is 6.53. The van der Waals surface area contributed by atoms with Gasteiger partial charge >= 0.3 is 0 Å². The van der Waals surface area contributed by atoms with E-state index in [-0.39, 0.29) is 12.4 Å². The summed E-state index contributed by atoms with van der Waals surface area (Å²) in [6, 6.07) is 12.6. The largest absolute Gasteiger partial charge is 0.436 e. The number of hydrogen-bond acceptors (Lipinski definition) is 6. The van der Waals surface area contributed by atoms with Gasteiger partial charge in [0.15, 0.2) is 11.6 Å².